The van der Waals surface area contributed by atoms with Crippen molar-refractivity contribution in [1.29, 1.82) is 0 Å². The van der Waals surface area contributed by atoms with Crippen LogP contribution in [0.25, 0.3) is 0 Å². The monoisotopic (exact) mass is 180 g/mol. The number of fused-ring (bicyclic) bond motifs is 1. The smallest absolute Gasteiger partial charge is 0.222 e. The van der Waals surface area contributed by atoms with Gasteiger partial charge in [0.2, 0.25) is 5.91 Å². The number of nitrogens with one attached hydrogen (secondary N) is 1. The fourth-order valence-electron chi connectivity index (χ4n) is 2.97. The fraction of sp³-hybridized carbons (Fsp3) is 0.900. The van der Waals surface area contributed by atoms with Crippen molar-refractivity contribution >= 4 is 5.91 Å². The summed E-state index contributed by atoms with van der Waals surface area (Å²) in [5.74, 6) is 3.02. The predicted octanol–water partition coefficient (Wildman–Crippen LogP) is 0.0742. The van der Waals surface area contributed by atoms with Gasteiger partial charge in [-0.2, -0.15) is 0 Å². The molecule has 0 radical (unpaired) electrons. The number of amides is 1. The third-order valence-electron chi connectivity index (χ3n) is 3.87. The second-order valence-electron chi connectivity index (χ2n) is 4.59. The van der Waals surface area contributed by atoms with Gasteiger partial charge in [0.15, 0.2) is 0 Å². The largest absolute Gasteiger partial charge is 0.342 e. The second-order valence-corrected chi connectivity index (χ2v) is 4.59. The summed E-state index contributed by atoms with van der Waals surface area (Å²) in [7, 11) is 0. The van der Waals surface area contributed by atoms with Gasteiger partial charge < -0.3 is 10.2 Å². The zero-order valence-electron chi connectivity index (χ0n) is 7.83. The number of hydrogen-bond donors (Lipinski definition) is 1. The highest BCUT2D eigenvalue weighted by atomic mass is 16.2. The summed E-state index contributed by atoms with van der Waals surface area (Å²) in [5, 5.41) is 3.38. The summed E-state index contributed by atoms with van der Waals surface area (Å²) in [6, 6.07) is 0. The molecule has 0 bridgehead atoms. The van der Waals surface area contributed by atoms with E-state index in [0.717, 1.165) is 43.7 Å². The third kappa shape index (κ3) is 1.17. The SMILES string of the molecule is O=C1CCCN1CC1C2CNCC21. The average Bonchev–Trinajstić information content (AvgIpc) is 2.57. The van der Waals surface area contributed by atoms with Crippen molar-refractivity contribution in [3.05, 3.63) is 0 Å². The van der Waals surface area contributed by atoms with E-state index in [-0.39, 0.29) is 0 Å². The molecule has 0 aromatic carbocycles. The summed E-state index contributed by atoms with van der Waals surface area (Å²) in [6.07, 6.45) is 1.87. The highest BCUT2D eigenvalue weighted by molar-refractivity contribution is 5.78. The number of likely N-dealkylation sites (tertiary alicyclic amines) is 1. The lowest BCUT2D eigenvalue weighted by Gasteiger charge is -2.16. The van der Waals surface area contributed by atoms with Gasteiger partial charge in [0.05, 0.1) is 0 Å². The van der Waals surface area contributed by atoms with Crippen molar-refractivity contribution in [1.82, 2.24) is 10.2 Å². The molecule has 2 atom stereocenters. The maximum Gasteiger partial charge on any atom is 0.222 e. The van der Waals surface area contributed by atoms with Crippen molar-refractivity contribution in [2.45, 2.75) is 12.8 Å². The van der Waals surface area contributed by atoms with Crippen LogP contribution < -0.4 is 5.32 Å². The lowest BCUT2D eigenvalue weighted by Crippen LogP contribution is -2.29. The van der Waals surface area contributed by atoms with E-state index in [4.69, 9.17) is 0 Å². The molecule has 72 valence electrons. The van der Waals surface area contributed by atoms with Gasteiger partial charge in [-0.3, -0.25) is 4.79 Å². The van der Waals surface area contributed by atoms with Crippen molar-refractivity contribution in [3.8, 4) is 0 Å². The molecular weight excluding hydrogens is 164 g/mol. The molecule has 2 aliphatic heterocycles. The molecule has 0 spiro atoms. The van der Waals surface area contributed by atoms with Crippen molar-refractivity contribution in [2.75, 3.05) is 26.2 Å². The van der Waals surface area contributed by atoms with E-state index in [1.165, 1.54) is 13.1 Å². The second kappa shape index (κ2) is 2.71. The first-order valence-electron chi connectivity index (χ1n) is 5.35. The summed E-state index contributed by atoms with van der Waals surface area (Å²) in [6.45, 7) is 4.45. The zero-order chi connectivity index (χ0) is 8.84. The van der Waals surface area contributed by atoms with Gasteiger partial charge in [-0.25, -0.2) is 0 Å². The van der Waals surface area contributed by atoms with E-state index in [2.05, 4.69) is 10.2 Å². The minimum absolute atomic E-state index is 0.387. The van der Waals surface area contributed by atoms with Crippen LogP contribution in [0, 0.1) is 17.8 Å². The molecule has 1 aliphatic carbocycles. The highest BCUT2D eigenvalue weighted by Gasteiger charge is 2.53. The Labute approximate surface area is 78.5 Å². The summed E-state index contributed by atoms with van der Waals surface area (Å²) in [5.41, 5.74) is 0. The van der Waals surface area contributed by atoms with Gasteiger partial charge in [0.1, 0.15) is 0 Å². The number of carbonyl (C=O) groups is 1. The minimum Gasteiger partial charge on any atom is -0.342 e. The van der Waals surface area contributed by atoms with Crippen LogP contribution in [0.5, 0.6) is 0 Å². The van der Waals surface area contributed by atoms with Crippen LogP contribution in [0.1, 0.15) is 12.8 Å². The summed E-state index contributed by atoms with van der Waals surface area (Å²) in [4.78, 5) is 13.4. The van der Waals surface area contributed by atoms with Gasteiger partial charge in [-0.05, 0) is 37.3 Å². The average molecular weight is 180 g/mol. The number of hydrogen-bond acceptors (Lipinski definition) is 2. The first-order chi connectivity index (χ1) is 6.36. The topological polar surface area (TPSA) is 32.3 Å². The molecule has 2 heterocycles. The molecule has 2 unspecified atom stereocenters. The molecular formula is C10H16N2O. The molecule has 3 heteroatoms. The predicted molar refractivity (Wildman–Crippen MR) is 49.2 cm³/mol. The molecule has 0 aromatic rings. The van der Waals surface area contributed by atoms with Crippen LogP contribution >= 0.6 is 0 Å². The van der Waals surface area contributed by atoms with Gasteiger partial charge in [0, 0.05) is 19.5 Å². The number of piperidine rings is 1. The minimum atomic E-state index is 0.387. The molecule has 13 heavy (non-hydrogen) atoms. The van der Waals surface area contributed by atoms with Gasteiger partial charge >= 0.3 is 0 Å². The van der Waals surface area contributed by atoms with Gasteiger partial charge in [-0.15, -0.1) is 0 Å². The highest BCUT2D eigenvalue weighted by Crippen LogP contribution is 2.49. The van der Waals surface area contributed by atoms with Crippen LogP contribution in [0.3, 0.4) is 0 Å². The number of rotatable bonds is 2. The summed E-state index contributed by atoms with van der Waals surface area (Å²) < 4.78 is 0. The first-order valence-corrected chi connectivity index (χ1v) is 5.35. The lowest BCUT2D eigenvalue weighted by molar-refractivity contribution is -0.127. The van der Waals surface area contributed by atoms with Crippen LogP contribution in [0.2, 0.25) is 0 Å². The Morgan fingerprint density at radius 1 is 1.38 bits per heavy atom. The Bertz CT molecular complexity index is 231. The van der Waals surface area contributed by atoms with Crippen LogP contribution in [-0.2, 0) is 4.79 Å². The zero-order valence-corrected chi connectivity index (χ0v) is 7.83. The van der Waals surface area contributed by atoms with E-state index in [1.807, 2.05) is 0 Å². The molecule has 1 N–H and O–H groups in total. The molecule has 1 amide bonds. The molecule has 3 rings (SSSR count). The molecule has 3 aliphatic rings. The fourth-order valence-corrected chi connectivity index (χ4v) is 2.97. The van der Waals surface area contributed by atoms with Crippen molar-refractivity contribution in [2.24, 2.45) is 17.8 Å². The van der Waals surface area contributed by atoms with E-state index < -0.39 is 0 Å². The number of carbonyl (C=O) groups excluding carboxylic acids is 1. The number of nitrogens with zero attached hydrogens (tertiary/aromatic N) is 1. The Balaban J connectivity index is 1.56. The quantitative estimate of drug-likeness (QED) is 0.652. The van der Waals surface area contributed by atoms with Crippen molar-refractivity contribution in [3.63, 3.8) is 0 Å². The van der Waals surface area contributed by atoms with Gasteiger partial charge in [0.25, 0.3) is 0 Å². The Morgan fingerprint density at radius 3 is 2.77 bits per heavy atom. The van der Waals surface area contributed by atoms with E-state index in [0.29, 0.717) is 5.91 Å². The third-order valence-corrected chi connectivity index (χ3v) is 3.87. The van der Waals surface area contributed by atoms with Gasteiger partial charge in [-0.1, -0.05) is 0 Å². The normalized spacial score (nSPS) is 42.6. The molecule has 1 saturated carbocycles. The molecule has 0 aromatic heterocycles. The van der Waals surface area contributed by atoms with E-state index in [9.17, 15) is 4.79 Å². The van der Waals surface area contributed by atoms with E-state index in [1.54, 1.807) is 0 Å². The first kappa shape index (κ1) is 7.80. The van der Waals surface area contributed by atoms with E-state index >= 15 is 0 Å². The van der Waals surface area contributed by atoms with Crippen LogP contribution in [-0.4, -0.2) is 37.0 Å². The molecule has 2 saturated heterocycles. The Morgan fingerprint density at radius 2 is 2.15 bits per heavy atom. The van der Waals surface area contributed by atoms with Crippen LogP contribution in [0.15, 0.2) is 0 Å². The summed E-state index contributed by atoms with van der Waals surface area (Å²) >= 11 is 0. The molecule has 3 nitrogen and oxygen atoms in total. The lowest BCUT2D eigenvalue weighted by atomic mass is 10.2. The van der Waals surface area contributed by atoms with Crippen LogP contribution in [0.4, 0.5) is 0 Å². The Hall–Kier alpha value is -0.570. The standard InChI is InChI=1S/C10H16N2O/c13-10-2-1-3-12(10)6-9-7-4-11-5-8(7)9/h7-9,11H,1-6H2. The van der Waals surface area contributed by atoms with Crippen molar-refractivity contribution < 1.29 is 4.79 Å². The Kier molecular flexibility index (Phi) is 1.62. The maximum atomic E-state index is 11.4. The maximum absolute atomic E-state index is 11.4. The molecule has 3 fully saturated rings.